The van der Waals surface area contributed by atoms with Crippen molar-refractivity contribution < 1.29 is 0 Å². The van der Waals surface area contributed by atoms with Crippen molar-refractivity contribution in [2.24, 2.45) is 5.92 Å². The van der Waals surface area contributed by atoms with Crippen LogP contribution in [0.1, 0.15) is 38.8 Å². The van der Waals surface area contributed by atoms with Gasteiger partial charge in [0.25, 0.3) is 5.56 Å². The highest BCUT2D eigenvalue weighted by Gasteiger charge is 2.09. The summed E-state index contributed by atoms with van der Waals surface area (Å²) in [4.78, 5) is 11.7. The zero-order valence-corrected chi connectivity index (χ0v) is 9.95. The number of hydrogen-bond acceptors (Lipinski definition) is 2. The fraction of sp³-hybridized carbons (Fsp3) is 0.583. The summed E-state index contributed by atoms with van der Waals surface area (Å²) in [7, 11) is 0. The van der Waals surface area contributed by atoms with E-state index in [1.54, 1.807) is 16.8 Å². The number of pyridine rings is 1. The van der Waals surface area contributed by atoms with Crippen molar-refractivity contribution in [2.75, 3.05) is 5.73 Å². The SMILES string of the molecule is Cc1cc(=O)n(C(C)CC(C)C)cc1N. The normalized spacial score (nSPS) is 13.1. The maximum atomic E-state index is 11.7. The lowest BCUT2D eigenvalue weighted by atomic mass is 10.0. The van der Waals surface area contributed by atoms with Crippen molar-refractivity contribution in [3.05, 3.63) is 28.2 Å². The van der Waals surface area contributed by atoms with E-state index in [0.717, 1.165) is 12.0 Å². The van der Waals surface area contributed by atoms with Gasteiger partial charge in [0.15, 0.2) is 0 Å². The second-order valence-electron chi connectivity index (χ2n) is 4.64. The van der Waals surface area contributed by atoms with Crippen LogP contribution in [-0.4, -0.2) is 4.57 Å². The molecule has 0 fully saturated rings. The van der Waals surface area contributed by atoms with Gasteiger partial charge in [0.05, 0.1) is 5.69 Å². The molecule has 0 aliphatic rings. The molecule has 0 bridgehead atoms. The zero-order chi connectivity index (χ0) is 11.6. The van der Waals surface area contributed by atoms with Crippen LogP contribution < -0.4 is 11.3 Å². The number of nitrogens with two attached hydrogens (primary N) is 1. The van der Waals surface area contributed by atoms with E-state index in [4.69, 9.17) is 5.73 Å². The van der Waals surface area contributed by atoms with Crippen LogP contribution >= 0.6 is 0 Å². The highest BCUT2D eigenvalue weighted by atomic mass is 16.1. The number of aromatic nitrogens is 1. The molecular weight excluding hydrogens is 188 g/mol. The van der Waals surface area contributed by atoms with Crippen LogP contribution in [0.4, 0.5) is 5.69 Å². The molecule has 0 radical (unpaired) electrons. The minimum atomic E-state index is 0.0369. The molecule has 1 heterocycles. The first-order valence-corrected chi connectivity index (χ1v) is 5.40. The van der Waals surface area contributed by atoms with E-state index in [1.807, 2.05) is 6.92 Å². The van der Waals surface area contributed by atoms with Crippen molar-refractivity contribution in [2.45, 2.75) is 40.2 Å². The van der Waals surface area contributed by atoms with Gasteiger partial charge in [0, 0.05) is 18.3 Å². The molecular formula is C12H20N2O. The number of anilines is 1. The lowest BCUT2D eigenvalue weighted by Gasteiger charge is -2.18. The van der Waals surface area contributed by atoms with Crippen LogP contribution in [-0.2, 0) is 0 Å². The van der Waals surface area contributed by atoms with E-state index < -0.39 is 0 Å². The lowest BCUT2D eigenvalue weighted by molar-refractivity contribution is 0.419. The van der Waals surface area contributed by atoms with Gasteiger partial charge in [-0.3, -0.25) is 4.79 Å². The van der Waals surface area contributed by atoms with Crippen LogP contribution in [0, 0.1) is 12.8 Å². The maximum absolute atomic E-state index is 11.7. The Morgan fingerprint density at radius 3 is 2.53 bits per heavy atom. The Bertz CT molecular complexity index is 393. The first-order chi connectivity index (χ1) is 6.91. The summed E-state index contributed by atoms with van der Waals surface area (Å²) in [6.07, 6.45) is 2.74. The molecule has 2 N–H and O–H groups in total. The highest BCUT2D eigenvalue weighted by molar-refractivity contribution is 5.43. The summed E-state index contributed by atoms with van der Waals surface area (Å²) in [6, 6.07) is 1.81. The third-order valence-corrected chi connectivity index (χ3v) is 2.62. The number of rotatable bonds is 3. The molecule has 1 rings (SSSR count). The molecule has 0 aliphatic carbocycles. The molecule has 15 heavy (non-hydrogen) atoms. The van der Waals surface area contributed by atoms with Crippen molar-refractivity contribution in [1.29, 1.82) is 0 Å². The molecule has 1 unspecified atom stereocenters. The monoisotopic (exact) mass is 208 g/mol. The molecule has 1 aromatic heterocycles. The summed E-state index contributed by atoms with van der Waals surface area (Å²) in [5.41, 5.74) is 7.38. The Balaban J connectivity index is 3.04. The van der Waals surface area contributed by atoms with E-state index in [-0.39, 0.29) is 11.6 Å². The standard InChI is InChI=1S/C12H20N2O/c1-8(2)5-10(4)14-7-11(13)9(3)6-12(14)15/h6-8,10H,5,13H2,1-4H3. The summed E-state index contributed by atoms with van der Waals surface area (Å²) >= 11 is 0. The fourth-order valence-electron chi connectivity index (χ4n) is 1.80. The zero-order valence-electron chi connectivity index (χ0n) is 9.95. The maximum Gasteiger partial charge on any atom is 0.251 e. The van der Waals surface area contributed by atoms with Crippen LogP contribution in [0.3, 0.4) is 0 Å². The molecule has 1 aromatic rings. The molecule has 0 aromatic carbocycles. The lowest BCUT2D eigenvalue weighted by Crippen LogP contribution is -2.24. The van der Waals surface area contributed by atoms with E-state index in [0.29, 0.717) is 11.6 Å². The Morgan fingerprint density at radius 2 is 2.00 bits per heavy atom. The number of hydrogen-bond donors (Lipinski definition) is 1. The molecule has 0 amide bonds. The van der Waals surface area contributed by atoms with E-state index in [2.05, 4.69) is 20.8 Å². The fourth-order valence-corrected chi connectivity index (χ4v) is 1.80. The van der Waals surface area contributed by atoms with Gasteiger partial charge >= 0.3 is 0 Å². The molecule has 0 saturated heterocycles. The quantitative estimate of drug-likeness (QED) is 0.828. The Labute approximate surface area is 90.9 Å². The van der Waals surface area contributed by atoms with Gasteiger partial charge < -0.3 is 10.3 Å². The Hall–Kier alpha value is -1.25. The van der Waals surface area contributed by atoms with Crippen LogP contribution in [0.5, 0.6) is 0 Å². The van der Waals surface area contributed by atoms with Gasteiger partial charge in [-0.05, 0) is 31.7 Å². The first kappa shape index (κ1) is 11.8. The van der Waals surface area contributed by atoms with Gasteiger partial charge in [0.2, 0.25) is 0 Å². The summed E-state index contributed by atoms with van der Waals surface area (Å²) in [6.45, 7) is 8.21. The first-order valence-electron chi connectivity index (χ1n) is 5.40. The summed E-state index contributed by atoms with van der Waals surface area (Å²) < 4.78 is 1.72. The summed E-state index contributed by atoms with van der Waals surface area (Å²) in [5.74, 6) is 0.578. The molecule has 3 nitrogen and oxygen atoms in total. The van der Waals surface area contributed by atoms with E-state index in [9.17, 15) is 4.79 Å². The number of nitrogen functional groups attached to an aromatic ring is 1. The predicted octanol–water partition coefficient (Wildman–Crippen LogP) is 2.35. The average Bonchev–Trinajstić information content (AvgIpc) is 2.09. The summed E-state index contributed by atoms with van der Waals surface area (Å²) in [5, 5.41) is 0. The molecule has 0 spiro atoms. The molecule has 84 valence electrons. The van der Waals surface area contributed by atoms with Crippen molar-refractivity contribution in [1.82, 2.24) is 4.57 Å². The Kier molecular flexibility index (Phi) is 3.56. The third-order valence-electron chi connectivity index (χ3n) is 2.62. The molecule has 0 saturated carbocycles. The van der Waals surface area contributed by atoms with Gasteiger partial charge in [-0.2, -0.15) is 0 Å². The molecule has 3 heteroatoms. The topological polar surface area (TPSA) is 48.0 Å². The second kappa shape index (κ2) is 4.51. The van der Waals surface area contributed by atoms with Gasteiger partial charge in [-0.15, -0.1) is 0 Å². The number of nitrogens with zero attached hydrogens (tertiary/aromatic N) is 1. The second-order valence-corrected chi connectivity index (χ2v) is 4.64. The van der Waals surface area contributed by atoms with Gasteiger partial charge in [-0.1, -0.05) is 13.8 Å². The smallest absolute Gasteiger partial charge is 0.251 e. The van der Waals surface area contributed by atoms with Crippen molar-refractivity contribution in [3.63, 3.8) is 0 Å². The average molecular weight is 208 g/mol. The van der Waals surface area contributed by atoms with E-state index in [1.165, 1.54) is 0 Å². The van der Waals surface area contributed by atoms with Gasteiger partial charge in [0.1, 0.15) is 0 Å². The number of aryl methyl sites for hydroxylation is 1. The van der Waals surface area contributed by atoms with E-state index >= 15 is 0 Å². The van der Waals surface area contributed by atoms with Crippen LogP contribution in [0.2, 0.25) is 0 Å². The highest BCUT2D eigenvalue weighted by Crippen LogP contribution is 2.16. The largest absolute Gasteiger partial charge is 0.397 e. The molecule has 0 aliphatic heterocycles. The van der Waals surface area contributed by atoms with Crippen molar-refractivity contribution >= 4 is 5.69 Å². The van der Waals surface area contributed by atoms with Crippen LogP contribution in [0.25, 0.3) is 0 Å². The Morgan fingerprint density at radius 1 is 1.40 bits per heavy atom. The minimum absolute atomic E-state index is 0.0369. The van der Waals surface area contributed by atoms with Crippen molar-refractivity contribution in [3.8, 4) is 0 Å². The van der Waals surface area contributed by atoms with Crippen LogP contribution in [0.15, 0.2) is 17.1 Å². The molecule has 1 atom stereocenters. The third kappa shape index (κ3) is 2.85. The predicted molar refractivity (Wildman–Crippen MR) is 64.0 cm³/mol. The van der Waals surface area contributed by atoms with Gasteiger partial charge in [-0.25, -0.2) is 0 Å². The minimum Gasteiger partial charge on any atom is -0.397 e.